The number of aromatic nitrogens is 3. The number of anilines is 3. The maximum Gasteiger partial charge on any atom is 0.224 e. The first-order valence-corrected chi connectivity index (χ1v) is 8.11. The van der Waals surface area contributed by atoms with Crippen LogP contribution in [0.3, 0.4) is 0 Å². The smallest absolute Gasteiger partial charge is 0.224 e. The molecule has 2 heterocycles. The third kappa shape index (κ3) is 4.34. The number of halogens is 2. The molecule has 5 nitrogen and oxygen atoms in total. The predicted octanol–water partition coefficient (Wildman–Crippen LogP) is 4.29. The zero-order valence-corrected chi connectivity index (χ0v) is 14.2. The molecule has 0 aliphatic rings. The third-order valence-corrected chi connectivity index (χ3v) is 3.86. The zero-order chi connectivity index (χ0) is 16.9. The van der Waals surface area contributed by atoms with E-state index in [-0.39, 0.29) is 5.28 Å². The molecule has 0 aliphatic heterocycles. The second-order valence-corrected chi connectivity index (χ2v) is 5.96. The molecule has 3 N–H and O–H groups in total. The Morgan fingerprint density at radius 2 is 1.83 bits per heavy atom. The van der Waals surface area contributed by atoms with Gasteiger partial charge in [0.25, 0.3) is 0 Å². The maximum atomic E-state index is 6.08. The number of benzene rings is 1. The molecule has 0 atom stereocenters. The van der Waals surface area contributed by atoms with Crippen molar-refractivity contribution in [3.05, 3.63) is 70.2 Å². The van der Waals surface area contributed by atoms with Gasteiger partial charge in [-0.05, 0) is 54.3 Å². The predicted molar refractivity (Wildman–Crippen MR) is 97.8 cm³/mol. The zero-order valence-electron chi connectivity index (χ0n) is 12.7. The summed E-state index contributed by atoms with van der Waals surface area (Å²) in [6.07, 6.45) is 3.13. The fourth-order valence-corrected chi connectivity index (χ4v) is 2.56. The van der Waals surface area contributed by atoms with Gasteiger partial charge in [-0.3, -0.25) is 0 Å². The van der Waals surface area contributed by atoms with E-state index in [0.29, 0.717) is 16.7 Å². The van der Waals surface area contributed by atoms with Gasteiger partial charge in [0.15, 0.2) is 5.82 Å². The van der Waals surface area contributed by atoms with Crippen molar-refractivity contribution in [1.82, 2.24) is 15.0 Å². The van der Waals surface area contributed by atoms with Crippen molar-refractivity contribution in [2.24, 2.45) is 0 Å². The summed E-state index contributed by atoms with van der Waals surface area (Å²) in [6.45, 7) is 0. The summed E-state index contributed by atoms with van der Waals surface area (Å²) in [5.41, 5.74) is 8.73. The summed E-state index contributed by atoms with van der Waals surface area (Å²) >= 11 is 11.9. The van der Waals surface area contributed by atoms with Crippen LogP contribution in [-0.2, 0) is 12.8 Å². The number of pyridine rings is 1. The molecule has 122 valence electrons. The van der Waals surface area contributed by atoms with Crippen LogP contribution in [0.1, 0.15) is 11.3 Å². The van der Waals surface area contributed by atoms with Crippen LogP contribution in [-0.4, -0.2) is 15.0 Å². The molecule has 0 saturated carbocycles. The summed E-state index contributed by atoms with van der Waals surface area (Å²) in [6, 6.07) is 13.7. The molecule has 0 fully saturated rings. The first kappa shape index (κ1) is 16.5. The number of nitrogens with one attached hydrogen (secondary N) is 1. The van der Waals surface area contributed by atoms with Gasteiger partial charge in [0.05, 0.1) is 6.20 Å². The molecule has 0 saturated heterocycles. The second kappa shape index (κ2) is 7.47. The first-order chi connectivity index (χ1) is 11.6. The molecule has 24 heavy (non-hydrogen) atoms. The van der Waals surface area contributed by atoms with E-state index < -0.39 is 0 Å². The van der Waals surface area contributed by atoms with Crippen LogP contribution >= 0.6 is 23.2 Å². The van der Waals surface area contributed by atoms with Crippen LogP contribution in [0.25, 0.3) is 0 Å². The topological polar surface area (TPSA) is 76.7 Å². The van der Waals surface area contributed by atoms with Crippen molar-refractivity contribution in [2.45, 2.75) is 12.8 Å². The average Bonchev–Trinajstić information content (AvgIpc) is 2.57. The standard InChI is InChI=1S/C17H15Cl2N5/c18-14-10-21-17(19)24-16(14)23-13-5-1-3-11(9-13)7-8-12-4-2-6-15(20)22-12/h1-6,9-10H,7-8H2,(H2,20,22)(H,21,23,24). The number of nitrogens with two attached hydrogens (primary N) is 1. The van der Waals surface area contributed by atoms with Crippen LogP contribution in [0.2, 0.25) is 10.3 Å². The Hall–Kier alpha value is -2.37. The van der Waals surface area contributed by atoms with Gasteiger partial charge >= 0.3 is 0 Å². The molecule has 0 aliphatic carbocycles. The molecule has 3 rings (SSSR count). The van der Waals surface area contributed by atoms with E-state index in [1.165, 1.54) is 11.8 Å². The number of hydrogen-bond donors (Lipinski definition) is 2. The Balaban J connectivity index is 1.71. The Kier molecular flexibility index (Phi) is 5.13. The number of hydrogen-bond acceptors (Lipinski definition) is 5. The number of rotatable bonds is 5. The molecule has 0 bridgehead atoms. The highest BCUT2D eigenvalue weighted by molar-refractivity contribution is 6.33. The minimum absolute atomic E-state index is 0.144. The van der Waals surface area contributed by atoms with E-state index in [1.807, 2.05) is 30.3 Å². The third-order valence-electron chi connectivity index (χ3n) is 3.40. The van der Waals surface area contributed by atoms with E-state index in [0.717, 1.165) is 24.2 Å². The average molecular weight is 360 g/mol. The van der Waals surface area contributed by atoms with Gasteiger partial charge in [0, 0.05) is 11.4 Å². The molecule has 0 radical (unpaired) electrons. The van der Waals surface area contributed by atoms with E-state index in [2.05, 4.69) is 26.3 Å². The SMILES string of the molecule is Nc1cccc(CCc2cccc(Nc3nc(Cl)ncc3Cl)c2)n1. The van der Waals surface area contributed by atoms with Gasteiger partial charge < -0.3 is 11.1 Å². The summed E-state index contributed by atoms with van der Waals surface area (Å²) in [5.74, 6) is 1.02. The van der Waals surface area contributed by atoms with Crippen molar-refractivity contribution in [3.8, 4) is 0 Å². The molecule has 0 spiro atoms. The fraction of sp³-hybridized carbons (Fsp3) is 0.118. The summed E-state index contributed by atoms with van der Waals surface area (Å²) in [5, 5.41) is 3.71. The fourth-order valence-electron chi connectivity index (χ4n) is 2.28. The quantitative estimate of drug-likeness (QED) is 0.664. The highest BCUT2D eigenvalue weighted by Gasteiger charge is 2.05. The minimum Gasteiger partial charge on any atom is -0.384 e. The normalized spacial score (nSPS) is 10.6. The van der Waals surface area contributed by atoms with Crippen LogP contribution in [0, 0.1) is 0 Å². The molecule has 0 amide bonds. The molecular formula is C17H15Cl2N5. The van der Waals surface area contributed by atoms with E-state index in [4.69, 9.17) is 28.9 Å². The van der Waals surface area contributed by atoms with Crippen LogP contribution in [0.4, 0.5) is 17.3 Å². The monoisotopic (exact) mass is 359 g/mol. The minimum atomic E-state index is 0.144. The molecule has 0 unspecified atom stereocenters. The maximum absolute atomic E-state index is 6.08. The van der Waals surface area contributed by atoms with Crippen molar-refractivity contribution in [1.29, 1.82) is 0 Å². The summed E-state index contributed by atoms with van der Waals surface area (Å²) < 4.78 is 0. The van der Waals surface area contributed by atoms with Gasteiger partial charge in [0.1, 0.15) is 10.8 Å². The Morgan fingerprint density at radius 1 is 1.00 bits per heavy atom. The van der Waals surface area contributed by atoms with Crippen molar-refractivity contribution in [2.75, 3.05) is 11.1 Å². The summed E-state index contributed by atoms with van der Waals surface area (Å²) in [4.78, 5) is 12.2. The number of nitrogen functional groups attached to an aromatic ring is 1. The summed E-state index contributed by atoms with van der Waals surface area (Å²) in [7, 11) is 0. The molecule has 1 aromatic carbocycles. The lowest BCUT2D eigenvalue weighted by molar-refractivity contribution is 0.917. The lowest BCUT2D eigenvalue weighted by Crippen LogP contribution is -1.99. The first-order valence-electron chi connectivity index (χ1n) is 7.35. The molecule has 2 aromatic heterocycles. The highest BCUT2D eigenvalue weighted by Crippen LogP contribution is 2.24. The Morgan fingerprint density at radius 3 is 2.67 bits per heavy atom. The molecule has 3 aromatic rings. The lowest BCUT2D eigenvalue weighted by Gasteiger charge is -2.09. The highest BCUT2D eigenvalue weighted by atomic mass is 35.5. The number of aryl methyl sites for hydroxylation is 2. The van der Waals surface area contributed by atoms with E-state index in [9.17, 15) is 0 Å². The van der Waals surface area contributed by atoms with Crippen LogP contribution < -0.4 is 11.1 Å². The Bertz CT molecular complexity index is 854. The van der Waals surface area contributed by atoms with Gasteiger partial charge in [0.2, 0.25) is 5.28 Å². The van der Waals surface area contributed by atoms with Crippen molar-refractivity contribution >= 4 is 40.5 Å². The second-order valence-electron chi connectivity index (χ2n) is 5.21. The van der Waals surface area contributed by atoms with Gasteiger partial charge in [-0.25, -0.2) is 9.97 Å². The molecular weight excluding hydrogens is 345 g/mol. The lowest BCUT2D eigenvalue weighted by atomic mass is 10.1. The van der Waals surface area contributed by atoms with Crippen molar-refractivity contribution in [3.63, 3.8) is 0 Å². The van der Waals surface area contributed by atoms with Crippen LogP contribution in [0.5, 0.6) is 0 Å². The number of nitrogens with zero attached hydrogens (tertiary/aromatic N) is 3. The van der Waals surface area contributed by atoms with Gasteiger partial charge in [-0.2, -0.15) is 4.98 Å². The largest absolute Gasteiger partial charge is 0.384 e. The van der Waals surface area contributed by atoms with Crippen molar-refractivity contribution < 1.29 is 0 Å². The van der Waals surface area contributed by atoms with Gasteiger partial charge in [-0.15, -0.1) is 0 Å². The van der Waals surface area contributed by atoms with E-state index in [1.54, 1.807) is 6.07 Å². The van der Waals surface area contributed by atoms with Crippen LogP contribution in [0.15, 0.2) is 48.7 Å². The van der Waals surface area contributed by atoms with Gasteiger partial charge in [-0.1, -0.05) is 29.8 Å². The van der Waals surface area contributed by atoms with E-state index >= 15 is 0 Å². The molecule has 7 heteroatoms. The Labute approximate surface area is 149 Å².